The molecule has 0 aromatic rings. The van der Waals surface area contributed by atoms with Crippen molar-refractivity contribution in [3.8, 4) is 0 Å². The van der Waals surface area contributed by atoms with E-state index in [-0.39, 0.29) is 37.3 Å². The number of carboxylic acid groups (broad SMARTS) is 1. The van der Waals surface area contributed by atoms with E-state index in [4.69, 9.17) is 16.6 Å². The van der Waals surface area contributed by atoms with Gasteiger partial charge >= 0.3 is 5.97 Å². The van der Waals surface area contributed by atoms with Gasteiger partial charge in [0, 0.05) is 6.04 Å². The number of hydrogen-bond donors (Lipinski definition) is 3. The summed E-state index contributed by atoms with van der Waals surface area (Å²) in [5.74, 6) is -0.865. The first-order valence-corrected chi connectivity index (χ1v) is 2.84. The molecular weight excluding hydrogens is 191 g/mol. The minimum absolute atomic E-state index is 0. The van der Waals surface area contributed by atoms with E-state index in [9.17, 15) is 4.79 Å². The van der Waals surface area contributed by atoms with Gasteiger partial charge in [-0.1, -0.05) is 0 Å². The van der Waals surface area contributed by atoms with E-state index in [2.05, 4.69) is 0 Å². The number of hydrogen-bond acceptors (Lipinski definition) is 3. The lowest BCUT2D eigenvalue weighted by Crippen LogP contribution is -2.26. The van der Waals surface area contributed by atoms with Gasteiger partial charge in [-0.25, -0.2) is 0 Å². The Balaban J connectivity index is -0.000000320. The molecule has 0 radical (unpaired) electrons. The van der Waals surface area contributed by atoms with Gasteiger partial charge in [-0.05, 0) is 13.0 Å². The Hall–Kier alpha value is -0.0300. The second kappa shape index (κ2) is 9.97. The minimum Gasteiger partial charge on any atom is -0.481 e. The summed E-state index contributed by atoms with van der Waals surface area (Å²) in [5.41, 5.74) is 10.5. The highest BCUT2D eigenvalue weighted by atomic mass is 35.5. The third-order valence-electron chi connectivity index (χ3n) is 0.974. The average Bonchev–Trinajstić information content (AvgIpc) is 1.63. The fourth-order valence-electron chi connectivity index (χ4n) is 0.540. The van der Waals surface area contributed by atoms with Gasteiger partial charge in [0.05, 0.1) is 6.42 Å². The van der Waals surface area contributed by atoms with E-state index in [0.29, 0.717) is 13.0 Å². The van der Waals surface area contributed by atoms with Crippen LogP contribution in [0.2, 0.25) is 0 Å². The van der Waals surface area contributed by atoms with Crippen LogP contribution in [0.15, 0.2) is 0 Å². The van der Waals surface area contributed by atoms with Crippen LogP contribution in [0.3, 0.4) is 0 Å². The number of carboxylic acids is 1. The maximum Gasteiger partial charge on any atom is 0.304 e. The highest BCUT2D eigenvalue weighted by Crippen LogP contribution is 1.91. The standard InChI is InChI=1S/C5H12N2O2.2ClH/c6-2-1-4(7)3-5(8)9;;/h4H,1-3,6-7H2,(H,8,9);2*1H/t4-;;/m0../s1. The van der Waals surface area contributed by atoms with Gasteiger partial charge in [0.1, 0.15) is 0 Å². The van der Waals surface area contributed by atoms with Crippen LogP contribution in [0, 0.1) is 0 Å². The summed E-state index contributed by atoms with van der Waals surface area (Å²) < 4.78 is 0. The third-order valence-corrected chi connectivity index (χ3v) is 0.974. The average molecular weight is 205 g/mol. The van der Waals surface area contributed by atoms with Gasteiger partial charge in [-0.15, -0.1) is 24.8 Å². The van der Waals surface area contributed by atoms with Crippen LogP contribution in [-0.4, -0.2) is 23.7 Å². The lowest BCUT2D eigenvalue weighted by Gasteiger charge is -2.04. The second-order valence-electron chi connectivity index (χ2n) is 1.94. The van der Waals surface area contributed by atoms with Crippen molar-refractivity contribution in [3.63, 3.8) is 0 Å². The van der Waals surface area contributed by atoms with Crippen molar-refractivity contribution in [3.05, 3.63) is 0 Å². The highest BCUT2D eigenvalue weighted by molar-refractivity contribution is 5.85. The lowest BCUT2D eigenvalue weighted by molar-refractivity contribution is -0.137. The Bertz CT molecular complexity index is 102. The third kappa shape index (κ3) is 13.0. The summed E-state index contributed by atoms with van der Waals surface area (Å²) in [6.07, 6.45) is 0.587. The first-order chi connectivity index (χ1) is 4.16. The van der Waals surface area contributed by atoms with E-state index in [1.165, 1.54) is 0 Å². The molecule has 0 unspecified atom stereocenters. The largest absolute Gasteiger partial charge is 0.481 e. The van der Waals surface area contributed by atoms with Crippen LogP contribution in [0.25, 0.3) is 0 Å². The van der Waals surface area contributed by atoms with E-state index < -0.39 is 5.97 Å². The summed E-state index contributed by atoms with van der Waals surface area (Å²) in [4.78, 5) is 9.96. The smallest absolute Gasteiger partial charge is 0.304 e. The predicted octanol–water partition coefficient (Wildman–Crippen LogP) is -0.0192. The van der Waals surface area contributed by atoms with Gasteiger partial charge in [-0.2, -0.15) is 0 Å². The molecule has 0 aromatic carbocycles. The van der Waals surface area contributed by atoms with Crippen molar-refractivity contribution in [1.82, 2.24) is 0 Å². The Morgan fingerprint density at radius 2 is 1.91 bits per heavy atom. The summed E-state index contributed by atoms with van der Waals surface area (Å²) in [7, 11) is 0. The van der Waals surface area contributed by atoms with Gasteiger partial charge in [0.2, 0.25) is 0 Å². The van der Waals surface area contributed by atoms with Crippen LogP contribution < -0.4 is 11.5 Å². The zero-order valence-corrected chi connectivity index (χ0v) is 7.66. The number of rotatable bonds is 4. The molecule has 1 atom stereocenters. The quantitative estimate of drug-likeness (QED) is 0.601. The Morgan fingerprint density at radius 3 is 2.18 bits per heavy atom. The molecule has 0 aliphatic heterocycles. The molecule has 5 N–H and O–H groups in total. The minimum atomic E-state index is -0.865. The summed E-state index contributed by atoms with van der Waals surface area (Å²) in [5, 5.41) is 8.19. The van der Waals surface area contributed by atoms with Crippen LogP contribution in [0.4, 0.5) is 0 Å². The summed E-state index contributed by atoms with van der Waals surface area (Å²) >= 11 is 0. The molecule has 0 saturated heterocycles. The topological polar surface area (TPSA) is 89.3 Å². The molecule has 0 rings (SSSR count). The number of carbonyl (C=O) groups is 1. The van der Waals surface area contributed by atoms with E-state index in [1.807, 2.05) is 0 Å². The molecule has 0 bridgehead atoms. The molecule has 6 heteroatoms. The Morgan fingerprint density at radius 1 is 1.45 bits per heavy atom. The van der Waals surface area contributed by atoms with Crippen molar-refractivity contribution >= 4 is 30.8 Å². The Kier molecular flexibility index (Phi) is 15.6. The van der Waals surface area contributed by atoms with Crippen molar-refractivity contribution in [2.24, 2.45) is 11.5 Å². The molecule has 70 valence electrons. The SMILES string of the molecule is Cl.Cl.NCC[C@H](N)CC(=O)O. The first kappa shape index (κ1) is 17.2. The number of halogens is 2. The van der Waals surface area contributed by atoms with Crippen LogP contribution in [0.1, 0.15) is 12.8 Å². The van der Waals surface area contributed by atoms with Crippen molar-refractivity contribution in [2.75, 3.05) is 6.54 Å². The maximum absolute atomic E-state index is 9.96. The normalized spacial score (nSPS) is 10.7. The number of nitrogens with two attached hydrogens (primary N) is 2. The molecule has 4 nitrogen and oxygen atoms in total. The lowest BCUT2D eigenvalue weighted by atomic mass is 10.1. The van der Waals surface area contributed by atoms with Gasteiger partial charge < -0.3 is 16.6 Å². The van der Waals surface area contributed by atoms with E-state index in [1.54, 1.807) is 0 Å². The fraction of sp³-hybridized carbons (Fsp3) is 0.800. The van der Waals surface area contributed by atoms with Crippen molar-refractivity contribution in [1.29, 1.82) is 0 Å². The van der Waals surface area contributed by atoms with Crippen molar-refractivity contribution < 1.29 is 9.90 Å². The molecule has 0 amide bonds. The highest BCUT2D eigenvalue weighted by Gasteiger charge is 2.05. The zero-order chi connectivity index (χ0) is 7.28. The molecule has 0 aliphatic rings. The molecule has 11 heavy (non-hydrogen) atoms. The maximum atomic E-state index is 9.96. The predicted molar refractivity (Wildman–Crippen MR) is 48.4 cm³/mol. The first-order valence-electron chi connectivity index (χ1n) is 2.84. The van der Waals surface area contributed by atoms with E-state index >= 15 is 0 Å². The van der Waals surface area contributed by atoms with Gasteiger partial charge in [0.15, 0.2) is 0 Å². The number of aliphatic carboxylic acids is 1. The van der Waals surface area contributed by atoms with Crippen LogP contribution >= 0.6 is 24.8 Å². The zero-order valence-electron chi connectivity index (χ0n) is 6.03. The summed E-state index contributed by atoms with van der Waals surface area (Å²) in [6.45, 7) is 0.453. The summed E-state index contributed by atoms with van der Waals surface area (Å²) in [6, 6.07) is -0.285. The van der Waals surface area contributed by atoms with Gasteiger partial charge in [0.25, 0.3) is 0 Å². The fourth-order valence-corrected chi connectivity index (χ4v) is 0.540. The second-order valence-corrected chi connectivity index (χ2v) is 1.94. The Labute approximate surface area is 78.1 Å². The van der Waals surface area contributed by atoms with Crippen LogP contribution in [0.5, 0.6) is 0 Å². The van der Waals surface area contributed by atoms with Crippen LogP contribution in [-0.2, 0) is 4.79 Å². The molecule has 0 saturated carbocycles. The molecule has 0 aliphatic carbocycles. The molecule has 0 fully saturated rings. The molecule has 0 aromatic heterocycles. The molecular formula is C5H14Cl2N2O2. The molecule has 0 spiro atoms. The van der Waals surface area contributed by atoms with Gasteiger partial charge in [-0.3, -0.25) is 4.79 Å². The molecule has 0 heterocycles. The van der Waals surface area contributed by atoms with E-state index in [0.717, 1.165) is 0 Å². The monoisotopic (exact) mass is 204 g/mol. The van der Waals surface area contributed by atoms with Crippen molar-refractivity contribution in [2.45, 2.75) is 18.9 Å².